The molecule has 1 amide bonds. The van der Waals surface area contributed by atoms with E-state index >= 15 is 0 Å². The lowest BCUT2D eigenvalue weighted by molar-refractivity contribution is 0.102. The molecule has 0 aliphatic carbocycles. The van der Waals surface area contributed by atoms with Crippen LogP contribution in [-0.4, -0.2) is 57.0 Å². The lowest BCUT2D eigenvalue weighted by atomic mass is 10.1. The molecule has 2 fully saturated rings. The molecule has 0 unspecified atom stereocenters. The van der Waals surface area contributed by atoms with Crippen molar-refractivity contribution in [3.63, 3.8) is 0 Å². The van der Waals surface area contributed by atoms with Gasteiger partial charge in [-0.1, -0.05) is 11.6 Å². The maximum Gasteiger partial charge on any atom is 0.279 e. The predicted octanol–water partition coefficient (Wildman–Crippen LogP) is 2.74. The molecule has 4 rings (SSSR count). The van der Waals surface area contributed by atoms with Gasteiger partial charge in [0.2, 0.25) is 0 Å². The van der Waals surface area contributed by atoms with Crippen molar-refractivity contribution in [1.82, 2.24) is 30.2 Å². The van der Waals surface area contributed by atoms with Crippen LogP contribution in [0, 0.1) is 0 Å². The molecule has 0 bridgehead atoms. The first-order chi connectivity index (χ1) is 12.8. The van der Waals surface area contributed by atoms with E-state index in [-0.39, 0.29) is 30.7 Å². The molecule has 2 N–H and O–H groups in total. The van der Waals surface area contributed by atoms with Gasteiger partial charge >= 0.3 is 0 Å². The monoisotopic (exact) mass is 447 g/mol. The second-order valence-corrected chi connectivity index (χ2v) is 7.86. The fraction of sp³-hybridized carbons (Fsp3) is 0.647. The van der Waals surface area contributed by atoms with Crippen molar-refractivity contribution in [2.45, 2.75) is 44.7 Å². The summed E-state index contributed by atoms with van der Waals surface area (Å²) in [6.07, 6.45) is 7.62. The van der Waals surface area contributed by atoms with Crippen molar-refractivity contribution in [2.24, 2.45) is 0 Å². The molecule has 28 heavy (non-hydrogen) atoms. The van der Waals surface area contributed by atoms with E-state index in [4.69, 9.17) is 0 Å². The lowest BCUT2D eigenvalue weighted by Gasteiger charge is -2.25. The number of nitrogens with zero attached hydrogens (tertiary/aromatic N) is 5. The molecule has 4 heterocycles. The Morgan fingerprint density at radius 3 is 2.71 bits per heavy atom. The topological polar surface area (TPSA) is 88.0 Å². The largest absolute Gasteiger partial charge is 0.317 e. The van der Waals surface area contributed by atoms with Crippen molar-refractivity contribution < 1.29 is 4.79 Å². The van der Waals surface area contributed by atoms with E-state index in [1.807, 2.05) is 10.1 Å². The average molecular weight is 448 g/mol. The predicted molar refractivity (Wildman–Crippen MR) is 115 cm³/mol. The molecule has 0 radical (unpaired) electrons. The maximum atomic E-state index is 12.4. The Bertz CT molecular complexity index is 741. The summed E-state index contributed by atoms with van der Waals surface area (Å²) in [5.41, 5.74) is 1.36. The second kappa shape index (κ2) is 11.1. The van der Waals surface area contributed by atoms with Crippen molar-refractivity contribution in [2.75, 3.05) is 31.5 Å². The van der Waals surface area contributed by atoms with Crippen LogP contribution in [0.15, 0.2) is 11.6 Å². The lowest BCUT2D eigenvalue weighted by Crippen LogP contribution is -2.29. The van der Waals surface area contributed by atoms with Crippen LogP contribution in [0.2, 0.25) is 0 Å². The van der Waals surface area contributed by atoms with E-state index in [0.717, 1.165) is 51.3 Å². The van der Waals surface area contributed by atoms with E-state index in [9.17, 15) is 4.79 Å². The number of carbonyl (C=O) groups excluding carboxylic acids is 1. The summed E-state index contributed by atoms with van der Waals surface area (Å²) in [7, 11) is 0. The molecule has 2 aliphatic rings. The zero-order valence-electron chi connectivity index (χ0n) is 15.7. The number of amides is 1. The Balaban J connectivity index is 0.00000140. The van der Waals surface area contributed by atoms with Gasteiger partial charge in [-0.05, 0) is 51.9 Å². The normalized spacial score (nSPS) is 18.1. The molecule has 11 heteroatoms. The number of thiazole rings is 1. The minimum Gasteiger partial charge on any atom is -0.317 e. The molecule has 2 aliphatic heterocycles. The van der Waals surface area contributed by atoms with Gasteiger partial charge in [0.1, 0.15) is 0 Å². The molecule has 156 valence electrons. The number of carbonyl (C=O) groups is 1. The number of hydrogen-bond donors (Lipinski definition) is 2. The standard InChI is InChI=1S/C17H25N7OS.2ClH/c25-16(15-11-24(22-21-15)14-4-6-18-7-5-14)20-17-19-13(12-26-17)10-23-8-2-1-3-9-23;;/h11-12,14,18H,1-10H2,(H,19,20,25);2*1H. The number of piperidine rings is 2. The highest BCUT2D eigenvalue weighted by Crippen LogP contribution is 2.20. The number of halogens is 2. The summed E-state index contributed by atoms with van der Waals surface area (Å²) in [5, 5.41) is 17.0. The van der Waals surface area contributed by atoms with Crippen LogP contribution in [0.25, 0.3) is 0 Å². The van der Waals surface area contributed by atoms with Crippen molar-refractivity contribution >= 4 is 47.2 Å². The van der Waals surface area contributed by atoms with Gasteiger partial charge in [0.05, 0.1) is 17.9 Å². The molecule has 0 aromatic carbocycles. The molecule has 2 aromatic rings. The third-order valence-electron chi connectivity index (χ3n) is 5.03. The van der Waals surface area contributed by atoms with Crippen LogP contribution in [0.4, 0.5) is 5.13 Å². The number of aromatic nitrogens is 4. The smallest absolute Gasteiger partial charge is 0.279 e. The first kappa shape index (κ1) is 23.0. The third-order valence-corrected chi connectivity index (χ3v) is 5.84. The van der Waals surface area contributed by atoms with Gasteiger partial charge in [-0.15, -0.1) is 41.2 Å². The Morgan fingerprint density at radius 1 is 1.21 bits per heavy atom. The summed E-state index contributed by atoms with van der Waals surface area (Å²) < 4.78 is 1.82. The summed E-state index contributed by atoms with van der Waals surface area (Å²) in [4.78, 5) is 19.4. The number of likely N-dealkylation sites (tertiary alicyclic amines) is 1. The number of hydrogen-bond acceptors (Lipinski definition) is 7. The van der Waals surface area contributed by atoms with E-state index in [0.29, 0.717) is 16.9 Å². The van der Waals surface area contributed by atoms with Crippen molar-refractivity contribution in [1.29, 1.82) is 0 Å². The zero-order chi connectivity index (χ0) is 17.8. The zero-order valence-corrected chi connectivity index (χ0v) is 18.1. The van der Waals surface area contributed by atoms with Crippen LogP contribution in [-0.2, 0) is 6.54 Å². The minimum absolute atomic E-state index is 0. The van der Waals surface area contributed by atoms with Crippen LogP contribution in [0.5, 0.6) is 0 Å². The van der Waals surface area contributed by atoms with Crippen LogP contribution in [0.1, 0.15) is 54.3 Å². The quantitative estimate of drug-likeness (QED) is 0.732. The molecule has 0 atom stereocenters. The molecular weight excluding hydrogens is 421 g/mol. The highest BCUT2D eigenvalue weighted by molar-refractivity contribution is 7.13. The molecule has 8 nitrogen and oxygen atoms in total. The first-order valence-corrected chi connectivity index (χ1v) is 10.3. The number of anilines is 1. The first-order valence-electron chi connectivity index (χ1n) is 9.38. The summed E-state index contributed by atoms with van der Waals surface area (Å²) in [6, 6.07) is 0.321. The van der Waals surface area contributed by atoms with E-state index in [1.54, 1.807) is 6.20 Å². The Hall–Kier alpha value is -1.26. The van der Waals surface area contributed by atoms with E-state index in [1.165, 1.54) is 30.6 Å². The highest BCUT2D eigenvalue weighted by atomic mass is 35.5. The van der Waals surface area contributed by atoms with Gasteiger partial charge in [0.25, 0.3) is 5.91 Å². The molecule has 2 aromatic heterocycles. The summed E-state index contributed by atoms with van der Waals surface area (Å²) in [6.45, 7) is 5.09. The Morgan fingerprint density at radius 2 is 1.96 bits per heavy atom. The van der Waals surface area contributed by atoms with Gasteiger partial charge in [0, 0.05) is 11.9 Å². The van der Waals surface area contributed by atoms with Crippen molar-refractivity contribution in [3.8, 4) is 0 Å². The number of rotatable bonds is 5. The molecular formula is C17H27Cl2N7OS. The van der Waals surface area contributed by atoms with Gasteiger partial charge in [0.15, 0.2) is 10.8 Å². The van der Waals surface area contributed by atoms with E-state index < -0.39 is 0 Å². The highest BCUT2D eigenvalue weighted by Gasteiger charge is 2.19. The van der Waals surface area contributed by atoms with E-state index in [2.05, 4.69) is 30.8 Å². The van der Waals surface area contributed by atoms with Gasteiger partial charge in [-0.25, -0.2) is 9.67 Å². The van der Waals surface area contributed by atoms with Crippen LogP contribution < -0.4 is 10.6 Å². The molecule has 0 spiro atoms. The Kier molecular flexibility index (Phi) is 9.10. The van der Waals surface area contributed by atoms with Gasteiger partial charge in [-0.2, -0.15) is 0 Å². The SMILES string of the molecule is Cl.Cl.O=C(Nc1nc(CN2CCCCC2)cs1)c1cn(C2CCNCC2)nn1. The Labute approximate surface area is 181 Å². The van der Waals surface area contributed by atoms with Crippen molar-refractivity contribution in [3.05, 3.63) is 23.0 Å². The number of nitrogens with one attached hydrogen (secondary N) is 2. The fourth-order valence-electron chi connectivity index (χ4n) is 3.58. The van der Waals surface area contributed by atoms with Crippen LogP contribution >= 0.6 is 36.2 Å². The summed E-state index contributed by atoms with van der Waals surface area (Å²) in [5.74, 6) is -0.246. The third kappa shape index (κ3) is 5.87. The van der Waals surface area contributed by atoms with Gasteiger partial charge < -0.3 is 5.32 Å². The fourth-order valence-corrected chi connectivity index (χ4v) is 4.27. The molecule has 2 saturated heterocycles. The van der Waals surface area contributed by atoms with Crippen LogP contribution in [0.3, 0.4) is 0 Å². The molecule has 0 saturated carbocycles. The van der Waals surface area contributed by atoms with Gasteiger partial charge in [-0.3, -0.25) is 15.0 Å². The second-order valence-electron chi connectivity index (χ2n) is 7.00. The minimum atomic E-state index is -0.246. The maximum absolute atomic E-state index is 12.4. The summed E-state index contributed by atoms with van der Waals surface area (Å²) >= 11 is 1.46. The average Bonchev–Trinajstić information content (AvgIpc) is 3.33.